The van der Waals surface area contributed by atoms with Crippen molar-refractivity contribution in [1.29, 1.82) is 0 Å². The lowest BCUT2D eigenvalue weighted by atomic mass is 10.1. The molecule has 0 saturated carbocycles. The highest BCUT2D eigenvalue weighted by Gasteiger charge is 2.07. The molecule has 2 heterocycles. The smallest absolute Gasteiger partial charge is 0.144 e. The zero-order valence-corrected chi connectivity index (χ0v) is 11.3. The van der Waals surface area contributed by atoms with Gasteiger partial charge in [-0.15, -0.1) is 0 Å². The van der Waals surface area contributed by atoms with Crippen LogP contribution in [-0.2, 0) is 0 Å². The molecule has 0 aliphatic carbocycles. The van der Waals surface area contributed by atoms with E-state index >= 15 is 0 Å². The number of hydrogen-bond acceptors (Lipinski definition) is 3. The third-order valence-electron chi connectivity index (χ3n) is 2.33. The van der Waals surface area contributed by atoms with Gasteiger partial charge < -0.3 is 4.98 Å². The minimum Gasteiger partial charge on any atom is -0.342 e. The molecule has 0 aliphatic heterocycles. The van der Waals surface area contributed by atoms with Crippen LogP contribution in [-0.4, -0.2) is 15.0 Å². The Labute approximate surface area is 107 Å². The van der Waals surface area contributed by atoms with Crippen molar-refractivity contribution in [3.63, 3.8) is 0 Å². The van der Waals surface area contributed by atoms with Gasteiger partial charge in [0.1, 0.15) is 10.5 Å². The second kappa shape index (κ2) is 4.43. The lowest BCUT2D eigenvalue weighted by Crippen LogP contribution is -1.96. The molecule has 5 heteroatoms. The molecule has 0 atom stereocenters. The predicted octanol–water partition coefficient (Wildman–Crippen LogP) is 3.58. The van der Waals surface area contributed by atoms with Gasteiger partial charge >= 0.3 is 0 Å². The number of halogens is 1. The van der Waals surface area contributed by atoms with Crippen LogP contribution >= 0.6 is 28.1 Å². The maximum Gasteiger partial charge on any atom is 0.144 e. The Balaban J connectivity index is 2.67. The number of hydrogen-bond donors (Lipinski definition) is 1. The second-order valence-corrected chi connectivity index (χ2v) is 4.70. The van der Waals surface area contributed by atoms with E-state index in [2.05, 4.69) is 30.9 Å². The molecule has 0 amide bonds. The van der Waals surface area contributed by atoms with Crippen LogP contribution in [0.1, 0.15) is 11.3 Å². The Morgan fingerprint density at radius 2 is 2.12 bits per heavy atom. The number of nitrogens with zero attached hydrogens (tertiary/aromatic N) is 2. The molecule has 0 unspecified atom stereocenters. The van der Waals surface area contributed by atoms with E-state index in [9.17, 15) is 0 Å². The summed E-state index contributed by atoms with van der Waals surface area (Å²) in [6, 6.07) is 1.95. The van der Waals surface area contributed by atoms with Crippen LogP contribution < -0.4 is 0 Å². The third kappa shape index (κ3) is 2.05. The highest BCUT2D eigenvalue weighted by molar-refractivity contribution is 9.10. The van der Waals surface area contributed by atoms with Gasteiger partial charge in [0.05, 0.1) is 4.47 Å². The number of aryl methyl sites for hydroxylation is 2. The second-order valence-electron chi connectivity index (χ2n) is 3.52. The van der Waals surface area contributed by atoms with E-state index in [4.69, 9.17) is 12.2 Å². The number of aromatic amines is 1. The van der Waals surface area contributed by atoms with Crippen molar-refractivity contribution in [3.8, 4) is 11.4 Å². The van der Waals surface area contributed by atoms with Crippen molar-refractivity contribution < 1.29 is 0 Å². The molecule has 1 N–H and O–H groups in total. The van der Waals surface area contributed by atoms with Gasteiger partial charge in [-0.05, 0) is 41.4 Å². The SMILES string of the molecule is Cc1ccncc1-c1nc(=S)c(Br)c(C)[nH]1. The molecule has 0 saturated heterocycles. The zero-order chi connectivity index (χ0) is 11.7. The minimum atomic E-state index is 0.564. The maximum atomic E-state index is 5.17. The average molecular weight is 296 g/mol. The van der Waals surface area contributed by atoms with Crippen LogP contribution in [0.3, 0.4) is 0 Å². The van der Waals surface area contributed by atoms with Gasteiger partial charge in [-0.2, -0.15) is 0 Å². The maximum absolute atomic E-state index is 5.17. The fourth-order valence-corrected chi connectivity index (χ4v) is 1.84. The summed E-state index contributed by atoms with van der Waals surface area (Å²) in [5.41, 5.74) is 3.07. The van der Waals surface area contributed by atoms with Gasteiger partial charge in [-0.1, -0.05) is 12.2 Å². The number of rotatable bonds is 1. The molecule has 0 spiro atoms. The van der Waals surface area contributed by atoms with E-state index in [-0.39, 0.29) is 0 Å². The van der Waals surface area contributed by atoms with E-state index in [0.717, 1.165) is 27.1 Å². The first-order valence-electron chi connectivity index (χ1n) is 4.77. The third-order valence-corrected chi connectivity index (χ3v) is 3.86. The van der Waals surface area contributed by atoms with Gasteiger partial charge in [0.25, 0.3) is 0 Å². The molecule has 0 radical (unpaired) electrons. The molecule has 2 aromatic heterocycles. The Morgan fingerprint density at radius 1 is 1.38 bits per heavy atom. The largest absolute Gasteiger partial charge is 0.342 e. The highest BCUT2D eigenvalue weighted by atomic mass is 79.9. The molecule has 0 fully saturated rings. The number of nitrogens with one attached hydrogen (secondary N) is 1. The summed E-state index contributed by atoms with van der Waals surface area (Å²) in [4.78, 5) is 11.6. The number of pyridine rings is 1. The Morgan fingerprint density at radius 3 is 2.75 bits per heavy atom. The first kappa shape index (κ1) is 11.4. The molecule has 0 bridgehead atoms. The van der Waals surface area contributed by atoms with Gasteiger partial charge in [0, 0.05) is 23.7 Å². The summed E-state index contributed by atoms with van der Waals surface area (Å²) >= 11 is 8.56. The molecule has 82 valence electrons. The highest BCUT2D eigenvalue weighted by Crippen LogP contribution is 2.22. The summed E-state index contributed by atoms with van der Waals surface area (Å²) < 4.78 is 1.40. The van der Waals surface area contributed by atoms with E-state index in [1.54, 1.807) is 12.4 Å². The average Bonchev–Trinajstić information content (AvgIpc) is 2.26. The van der Waals surface area contributed by atoms with E-state index in [1.165, 1.54) is 0 Å². The Hall–Kier alpha value is -1.07. The summed E-state index contributed by atoms with van der Waals surface area (Å²) in [5.74, 6) is 0.760. The van der Waals surface area contributed by atoms with E-state index in [1.807, 2.05) is 19.9 Å². The van der Waals surface area contributed by atoms with Crippen molar-refractivity contribution in [3.05, 3.63) is 38.8 Å². The van der Waals surface area contributed by atoms with Crippen molar-refractivity contribution in [1.82, 2.24) is 15.0 Å². The van der Waals surface area contributed by atoms with Crippen LogP contribution in [0.4, 0.5) is 0 Å². The van der Waals surface area contributed by atoms with Crippen molar-refractivity contribution >= 4 is 28.1 Å². The predicted molar refractivity (Wildman–Crippen MR) is 69.8 cm³/mol. The molecule has 2 aromatic rings. The van der Waals surface area contributed by atoms with E-state index in [0.29, 0.717) is 4.64 Å². The van der Waals surface area contributed by atoms with Crippen LogP contribution in [0.5, 0.6) is 0 Å². The minimum absolute atomic E-state index is 0.564. The fourth-order valence-electron chi connectivity index (χ4n) is 1.41. The first-order chi connectivity index (χ1) is 7.59. The van der Waals surface area contributed by atoms with Gasteiger partial charge in [-0.3, -0.25) is 4.98 Å². The topological polar surface area (TPSA) is 41.6 Å². The van der Waals surface area contributed by atoms with Crippen molar-refractivity contribution in [2.24, 2.45) is 0 Å². The normalized spacial score (nSPS) is 10.4. The zero-order valence-electron chi connectivity index (χ0n) is 8.91. The molecule has 2 rings (SSSR count). The van der Waals surface area contributed by atoms with Crippen LogP contribution in [0.15, 0.2) is 22.9 Å². The number of aromatic nitrogens is 3. The molecular weight excluding hydrogens is 286 g/mol. The van der Waals surface area contributed by atoms with Crippen LogP contribution in [0.25, 0.3) is 11.4 Å². The van der Waals surface area contributed by atoms with Gasteiger partial charge in [0.2, 0.25) is 0 Å². The summed E-state index contributed by atoms with van der Waals surface area (Å²) in [6.45, 7) is 3.98. The molecule has 16 heavy (non-hydrogen) atoms. The number of H-pyrrole nitrogens is 1. The van der Waals surface area contributed by atoms with Crippen molar-refractivity contribution in [2.75, 3.05) is 0 Å². The molecule has 0 aliphatic rings. The standard InChI is InChI=1S/C11H10BrN3S/c1-6-3-4-13-5-8(6)10-14-7(2)9(12)11(16)15-10/h3-5H,1-2H3,(H,14,15,16). The first-order valence-corrected chi connectivity index (χ1v) is 5.97. The van der Waals surface area contributed by atoms with Crippen LogP contribution in [0.2, 0.25) is 0 Å². The lowest BCUT2D eigenvalue weighted by Gasteiger charge is -2.06. The molecular formula is C11H10BrN3S. The van der Waals surface area contributed by atoms with Gasteiger partial charge in [0.15, 0.2) is 0 Å². The lowest BCUT2D eigenvalue weighted by molar-refractivity contribution is 1.07. The fraction of sp³-hybridized carbons (Fsp3) is 0.182. The molecule has 3 nitrogen and oxygen atoms in total. The Kier molecular flexibility index (Phi) is 3.16. The molecule has 0 aromatic carbocycles. The van der Waals surface area contributed by atoms with Crippen LogP contribution in [0, 0.1) is 18.5 Å². The summed E-state index contributed by atoms with van der Waals surface area (Å²) in [6.07, 6.45) is 3.55. The van der Waals surface area contributed by atoms with Gasteiger partial charge in [-0.25, -0.2) is 4.98 Å². The Bertz CT molecular complexity index is 592. The van der Waals surface area contributed by atoms with E-state index < -0.39 is 0 Å². The summed E-state index contributed by atoms with van der Waals surface area (Å²) in [7, 11) is 0. The van der Waals surface area contributed by atoms with Crippen molar-refractivity contribution in [2.45, 2.75) is 13.8 Å². The summed E-state index contributed by atoms with van der Waals surface area (Å²) in [5, 5.41) is 0. The monoisotopic (exact) mass is 295 g/mol. The quantitative estimate of drug-likeness (QED) is 0.818.